The van der Waals surface area contributed by atoms with Crippen molar-refractivity contribution in [3.63, 3.8) is 0 Å². The molecule has 0 saturated heterocycles. The van der Waals surface area contributed by atoms with E-state index in [0.717, 1.165) is 0 Å². The molecule has 1 nitrogen and oxygen atoms in total. The molecule has 0 fully saturated rings. The highest BCUT2D eigenvalue weighted by Gasteiger charge is 2.54. The Hall–Kier alpha value is -5.44. The summed E-state index contributed by atoms with van der Waals surface area (Å²) >= 11 is 0. The van der Waals surface area contributed by atoms with E-state index in [1.807, 2.05) is 0 Å². The highest BCUT2D eigenvalue weighted by atomic mass is 28.3. The molecule has 1 aliphatic carbocycles. The minimum atomic E-state index is -2.62. The molecule has 0 unspecified atom stereocenters. The van der Waals surface area contributed by atoms with Crippen molar-refractivity contribution in [2.45, 2.75) is 71.6 Å². The molecule has 0 radical (unpaired) electrons. The van der Waals surface area contributed by atoms with E-state index >= 15 is 0 Å². The van der Waals surface area contributed by atoms with E-state index in [4.69, 9.17) is 0 Å². The zero-order chi connectivity index (χ0) is 38.1. The maximum absolute atomic E-state index is 2.62. The van der Waals surface area contributed by atoms with Crippen molar-refractivity contribution in [1.82, 2.24) is 0 Å². The maximum Gasteiger partial charge on any atom is 0.182 e. The number of anilines is 3. The van der Waals surface area contributed by atoms with Crippen molar-refractivity contribution in [3.05, 3.63) is 174 Å². The third-order valence-electron chi connectivity index (χ3n) is 13.0. The van der Waals surface area contributed by atoms with Gasteiger partial charge in [-0.1, -0.05) is 171 Å². The molecule has 0 amide bonds. The molecule has 55 heavy (non-hydrogen) atoms. The van der Waals surface area contributed by atoms with Gasteiger partial charge in [0.15, 0.2) is 8.07 Å². The molecule has 2 heteroatoms. The van der Waals surface area contributed by atoms with Crippen LogP contribution in [0.5, 0.6) is 0 Å². The van der Waals surface area contributed by atoms with Crippen LogP contribution < -0.4 is 25.6 Å². The zero-order valence-corrected chi connectivity index (χ0v) is 34.4. The second-order valence-corrected chi connectivity index (χ2v) is 22.3. The Morgan fingerprint density at radius 3 is 1.36 bits per heavy atom. The molecular formula is C53H49NSi. The first-order valence-corrected chi connectivity index (χ1v) is 21.9. The van der Waals surface area contributed by atoms with Crippen LogP contribution in [-0.2, 0) is 16.2 Å². The summed E-state index contributed by atoms with van der Waals surface area (Å²) in [7, 11) is -2.62. The van der Waals surface area contributed by atoms with Crippen LogP contribution in [0.15, 0.2) is 152 Å². The van der Waals surface area contributed by atoms with Crippen LogP contribution in [-0.4, -0.2) is 8.07 Å². The van der Waals surface area contributed by atoms with E-state index in [2.05, 4.69) is 212 Å². The Morgan fingerprint density at radius 2 is 0.818 bits per heavy atom. The SMILES string of the molecule is CC(C)(C)c1cc(N(c2ccc3c(c2)-c2ccccc2C3(C)C)c2ccc3c(c2)[Si]2(c4ccccc4-c4ccccc42)c2ccccc2-3)cc(C(C)(C)C)c1. The third kappa shape index (κ3) is 4.77. The number of hydrogen-bond acceptors (Lipinski definition) is 1. The molecule has 0 saturated carbocycles. The molecule has 3 aliphatic rings. The summed E-state index contributed by atoms with van der Waals surface area (Å²) in [5.41, 5.74) is 17.2. The van der Waals surface area contributed by atoms with E-state index in [9.17, 15) is 0 Å². The smallest absolute Gasteiger partial charge is 0.182 e. The average molecular weight is 728 g/mol. The lowest BCUT2D eigenvalue weighted by Crippen LogP contribution is -2.70. The van der Waals surface area contributed by atoms with Gasteiger partial charge in [0.2, 0.25) is 0 Å². The maximum atomic E-state index is 2.59. The summed E-state index contributed by atoms with van der Waals surface area (Å²) in [6, 6.07) is 58.8. The van der Waals surface area contributed by atoms with E-state index in [1.54, 1.807) is 0 Å². The van der Waals surface area contributed by atoms with Crippen LogP contribution in [0.1, 0.15) is 77.6 Å². The predicted molar refractivity (Wildman–Crippen MR) is 238 cm³/mol. The van der Waals surface area contributed by atoms with Gasteiger partial charge in [-0.3, -0.25) is 0 Å². The standard InChI is InChI=1S/C53H49NSi/c1-51(2,3)34-29-35(52(4,5)6)31-38(30-34)54(36-26-28-46-44(32-36)39-17-9-13-21-45(39)53(46,7)8)37-25-27-43-42-20-12-16-24-49(42)55(50(43)33-37)47-22-14-10-18-40(47)41-19-11-15-23-48(41)55/h9-33H,1-8H3. The van der Waals surface area contributed by atoms with Gasteiger partial charge in [0, 0.05) is 22.5 Å². The fourth-order valence-electron chi connectivity index (χ4n) is 10.1. The Labute approximate surface area is 328 Å². The average Bonchev–Trinajstić information content (AvgIpc) is 3.73. The van der Waals surface area contributed by atoms with E-state index in [1.165, 1.54) is 93.4 Å². The summed E-state index contributed by atoms with van der Waals surface area (Å²) in [5, 5.41) is 6.01. The van der Waals surface area contributed by atoms with Crippen molar-refractivity contribution in [1.29, 1.82) is 0 Å². The first-order valence-electron chi connectivity index (χ1n) is 19.9. The Bertz CT molecular complexity index is 2620. The number of nitrogens with zero attached hydrogens (tertiary/aromatic N) is 1. The molecule has 0 N–H and O–H groups in total. The van der Waals surface area contributed by atoms with Gasteiger partial charge >= 0.3 is 0 Å². The van der Waals surface area contributed by atoms with Gasteiger partial charge in [0.1, 0.15) is 0 Å². The second kappa shape index (κ2) is 11.5. The second-order valence-electron chi connectivity index (χ2n) is 18.6. The van der Waals surface area contributed by atoms with E-state index in [0.29, 0.717) is 0 Å². The molecule has 7 aromatic carbocycles. The molecule has 0 bridgehead atoms. The van der Waals surface area contributed by atoms with Gasteiger partial charge in [0.25, 0.3) is 0 Å². The van der Waals surface area contributed by atoms with Crippen LogP contribution in [0, 0.1) is 0 Å². The number of benzene rings is 7. The van der Waals surface area contributed by atoms with Crippen molar-refractivity contribution in [3.8, 4) is 33.4 Å². The van der Waals surface area contributed by atoms with Crippen LogP contribution >= 0.6 is 0 Å². The topological polar surface area (TPSA) is 3.24 Å². The minimum absolute atomic E-state index is 0.0175. The van der Waals surface area contributed by atoms with Gasteiger partial charge in [0.05, 0.1) is 0 Å². The van der Waals surface area contributed by atoms with Gasteiger partial charge < -0.3 is 4.90 Å². The first-order chi connectivity index (χ1) is 26.3. The highest BCUT2D eigenvalue weighted by molar-refractivity contribution is 7.24. The highest BCUT2D eigenvalue weighted by Crippen LogP contribution is 2.51. The van der Waals surface area contributed by atoms with Crippen LogP contribution in [0.4, 0.5) is 17.1 Å². The Kier molecular flexibility index (Phi) is 7.15. The van der Waals surface area contributed by atoms with Gasteiger partial charge in [-0.2, -0.15) is 0 Å². The molecule has 1 spiro atoms. The fourth-order valence-corrected chi connectivity index (χ4v) is 15.8. The first kappa shape index (κ1) is 34.1. The van der Waals surface area contributed by atoms with Crippen molar-refractivity contribution < 1.29 is 0 Å². The quantitative estimate of drug-likeness (QED) is 0.164. The van der Waals surface area contributed by atoms with Crippen LogP contribution in [0.3, 0.4) is 0 Å². The van der Waals surface area contributed by atoms with Crippen molar-refractivity contribution in [2.24, 2.45) is 0 Å². The summed E-state index contributed by atoms with van der Waals surface area (Å²) in [4.78, 5) is 2.57. The summed E-state index contributed by atoms with van der Waals surface area (Å²) in [5.74, 6) is 0. The molecule has 2 aliphatic heterocycles. The van der Waals surface area contributed by atoms with Gasteiger partial charge in [-0.25, -0.2) is 0 Å². The van der Waals surface area contributed by atoms with Gasteiger partial charge in [-0.15, -0.1) is 0 Å². The molecule has 270 valence electrons. The number of fused-ring (bicyclic) bond motifs is 13. The summed E-state index contributed by atoms with van der Waals surface area (Å²) < 4.78 is 0. The zero-order valence-electron chi connectivity index (χ0n) is 33.4. The van der Waals surface area contributed by atoms with Crippen molar-refractivity contribution >= 4 is 45.9 Å². The Balaban J connectivity index is 1.28. The van der Waals surface area contributed by atoms with Crippen molar-refractivity contribution in [2.75, 3.05) is 4.90 Å². The molecule has 2 heterocycles. The fraction of sp³-hybridized carbons (Fsp3) is 0.208. The lowest BCUT2D eigenvalue weighted by atomic mass is 9.80. The van der Waals surface area contributed by atoms with E-state index < -0.39 is 8.07 Å². The molecular weight excluding hydrogens is 679 g/mol. The van der Waals surface area contributed by atoms with E-state index in [-0.39, 0.29) is 16.2 Å². The van der Waals surface area contributed by atoms with Crippen LogP contribution in [0.2, 0.25) is 0 Å². The normalized spacial score (nSPS) is 15.2. The number of rotatable bonds is 3. The molecule has 7 aromatic rings. The molecule has 0 atom stereocenters. The monoisotopic (exact) mass is 727 g/mol. The lowest BCUT2D eigenvalue weighted by molar-refractivity contribution is 0.569. The number of hydrogen-bond donors (Lipinski definition) is 0. The summed E-state index contributed by atoms with van der Waals surface area (Å²) in [6.45, 7) is 18.8. The summed E-state index contributed by atoms with van der Waals surface area (Å²) in [6.07, 6.45) is 0. The third-order valence-corrected chi connectivity index (χ3v) is 17.9. The molecule has 10 rings (SSSR count). The minimum Gasteiger partial charge on any atom is -0.310 e. The Morgan fingerprint density at radius 1 is 0.382 bits per heavy atom. The largest absolute Gasteiger partial charge is 0.310 e. The van der Waals surface area contributed by atoms with Crippen LogP contribution in [0.25, 0.3) is 33.4 Å². The molecule has 0 aromatic heterocycles. The predicted octanol–water partition coefficient (Wildman–Crippen LogP) is 11.4. The lowest BCUT2D eigenvalue weighted by Gasteiger charge is -2.33. The van der Waals surface area contributed by atoms with Gasteiger partial charge in [-0.05, 0) is 124 Å².